The second-order valence-electron chi connectivity index (χ2n) is 4.28. The molecule has 4 nitrogen and oxygen atoms in total. The highest BCUT2D eigenvalue weighted by Crippen LogP contribution is 2.54. The summed E-state index contributed by atoms with van der Waals surface area (Å²) in [6, 6.07) is 3.69. The SMILES string of the molecule is CCCP(=O)(CCC#N)CCP(=O)(F)CCC#N. The fourth-order valence-corrected chi connectivity index (χ4v) is 6.96. The lowest BCUT2D eigenvalue weighted by atomic mass is 10.6. The Morgan fingerprint density at radius 1 is 0.944 bits per heavy atom. The van der Waals surface area contributed by atoms with Crippen LogP contribution in [-0.2, 0) is 9.13 Å². The van der Waals surface area contributed by atoms with Gasteiger partial charge in [0.15, 0.2) is 0 Å². The fraction of sp³-hybridized carbons (Fsp3) is 0.818. The number of rotatable bonds is 9. The van der Waals surface area contributed by atoms with Crippen molar-refractivity contribution in [2.24, 2.45) is 0 Å². The largest absolute Gasteiger partial charge is 0.324 e. The Balaban J connectivity index is 4.44. The van der Waals surface area contributed by atoms with Gasteiger partial charge in [0.05, 0.1) is 19.3 Å². The van der Waals surface area contributed by atoms with Gasteiger partial charge in [0, 0.05) is 43.7 Å². The van der Waals surface area contributed by atoms with Crippen LogP contribution in [0.2, 0.25) is 0 Å². The fourth-order valence-electron chi connectivity index (χ4n) is 1.66. The molecule has 0 bridgehead atoms. The van der Waals surface area contributed by atoms with E-state index in [0.29, 0.717) is 12.6 Å². The van der Waals surface area contributed by atoms with Crippen molar-refractivity contribution in [1.29, 1.82) is 10.5 Å². The smallest absolute Gasteiger partial charge is 0.245 e. The third-order valence-electron chi connectivity index (χ3n) is 2.66. The van der Waals surface area contributed by atoms with Crippen molar-refractivity contribution < 1.29 is 13.3 Å². The van der Waals surface area contributed by atoms with Gasteiger partial charge in [0.25, 0.3) is 0 Å². The third kappa shape index (κ3) is 7.65. The van der Waals surface area contributed by atoms with Gasteiger partial charge < -0.3 is 4.57 Å². The van der Waals surface area contributed by atoms with Gasteiger partial charge in [-0.05, 0) is 6.42 Å². The van der Waals surface area contributed by atoms with Gasteiger partial charge in [-0.15, -0.1) is 0 Å². The quantitative estimate of drug-likeness (QED) is 0.604. The number of hydrogen-bond donors (Lipinski definition) is 0. The maximum atomic E-state index is 13.6. The highest BCUT2D eigenvalue weighted by Gasteiger charge is 2.27. The molecule has 7 heteroatoms. The van der Waals surface area contributed by atoms with Gasteiger partial charge in [-0.1, -0.05) is 6.92 Å². The predicted molar refractivity (Wildman–Crippen MR) is 71.4 cm³/mol. The first kappa shape index (κ1) is 17.4. The van der Waals surface area contributed by atoms with E-state index in [-0.39, 0.29) is 37.5 Å². The van der Waals surface area contributed by atoms with Gasteiger partial charge in [-0.3, -0.25) is 4.57 Å². The molecule has 0 aromatic heterocycles. The maximum absolute atomic E-state index is 13.6. The zero-order chi connectivity index (χ0) is 14.1. The van der Waals surface area contributed by atoms with Crippen molar-refractivity contribution in [1.82, 2.24) is 0 Å². The molecule has 102 valence electrons. The van der Waals surface area contributed by atoms with Gasteiger partial charge in [0.1, 0.15) is 0 Å². The average Bonchev–Trinajstić information content (AvgIpc) is 2.32. The molecule has 0 rings (SSSR count). The van der Waals surface area contributed by atoms with Gasteiger partial charge in [-0.2, -0.15) is 14.7 Å². The molecule has 0 heterocycles. The first-order chi connectivity index (χ1) is 8.39. The number of nitriles is 2. The normalized spacial score (nSPS) is 17.1. The summed E-state index contributed by atoms with van der Waals surface area (Å²) in [6.07, 6.45) is 1.16. The molecule has 0 amide bonds. The summed E-state index contributed by atoms with van der Waals surface area (Å²) in [5, 5.41) is 16.8. The Hall–Kier alpha value is -0.630. The second-order valence-corrected chi connectivity index (χ2v) is 10.2. The minimum absolute atomic E-state index is 0.0793. The molecule has 0 aromatic rings. The van der Waals surface area contributed by atoms with Crippen molar-refractivity contribution in [3.05, 3.63) is 0 Å². The van der Waals surface area contributed by atoms with Gasteiger partial charge >= 0.3 is 0 Å². The number of nitrogens with zero attached hydrogens (tertiary/aromatic N) is 2. The Bertz CT molecular complexity index is 426. The first-order valence-electron chi connectivity index (χ1n) is 5.98. The van der Waals surface area contributed by atoms with Crippen LogP contribution in [0.25, 0.3) is 0 Å². The topological polar surface area (TPSA) is 81.7 Å². The van der Waals surface area contributed by atoms with Crippen LogP contribution in [0.4, 0.5) is 4.20 Å². The zero-order valence-electron chi connectivity index (χ0n) is 10.6. The van der Waals surface area contributed by atoms with Crippen molar-refractivity contribution in [3.63, 3.8) is 0 Å². The van der Waals surface area contributed by atoms with E-state index in [1.54, 1.807) is 6.07 Å². The van der Waals surface area contributed by atoms with Crippen LogP contribution in [0.5, 0.6) is 0 Å². The van der Waals surface area contributed by atoms with Crippen LogP contribution in [0.3, 0.4) is 0 Å². The van der Waals surface area contributed by atoms with Gasteiger partial charge in [0.2, 0.25) is 7.45 Å². The van der Waals surface area contributed by atoms with Crippen LogP contribution in [0, 0.1) is 22.7 Å². The summed E-state index contributed by atoms with van der Waals surface area (Å²) in [5.41, 5.74) is 0. The Morgan fingerprint density at radius 2 is 1.50 bits per heavy atom. The van der Waals surface area contributed by atoms with Crippen molar-refractivity contribution in [3.8, 4) is 12.1 Å². The molecule has 2 unspecified atom stereocenters. The molecule has 0 saturated carbocycles. The maximum Gasteiger partial charge on any atom is 0.245 e. The van der Waals surface area contributed by atoms with Gasteiger partial charge in [-0.25, -0.2) is 0 Å². The van der Waals surface area contributed by atoms with E-state index in [2.05, 4.69) is 0 Å². The predicted octanol–water partition coefficient (Wildman–Crippen LogP) is 3.83. The molecule has 0 spiro atoms. The Kier molecular flexibility index (Phi) is 8.17. The molecule has 0 fully saturated rings. The summed E-state index contributed by atoms with van der Waals surface area (Å²) in [5.74, 6) is 0. The summed E-state index contributed by atoms with van der Waals surface area (Å²) < 4.78 is 37.5. The highest BCUT2D eigenvalue weighted by atomic mass is 31.2. The lowest BCUT2D eigenvalue weighted by molar-refractivity contribution is 0.539. The van der Waals surface area contributed by atoms with E-state index in [0.717, 1.165) is 0 Å². The van der Waals surface area contributed by atoms with Crippen LogP contribution < -0.4 is 0 Å². The second kappa shape index (κ2) is 8.47. The van der Waals surface area contributed by atoms with Crippen molar-refractivity contribution >= 4 is 14.6 Å². The summed E-state index contributed by atoms with van der Waals surface area (Å²) in [6.45, 7) is 1.88. The molecule has 2 atom stereocenters. The highest BCUT2D eigenvalue weighted by molar-refractivity contribution is 7.66. The molecule has 0 radical (unpaired) electrons. The van der Waals surface area contributed by atoms with E-state index in [1.165, 1.54) is 0 Å². The minimum atomic E-state index is -3.84. The van der Waals surface area contributed by atoms with E-state index in [4.69, 9.17) is 10.5 Å². The minimum Gasteiger partial charge on any atom is -0.324 e. The van der Waals surface area contributed by atoms with E-state index in [1.807, 2.05) is 13.0 Å². The standard InChI is InChI=1S/C11H19FN2O2P2/c1-2-7-17(15,8-3-5-13)10-11-18(12,16)9-4-6-14/h2-4,7-11H2,1H3. The van der Waals surface area contributed by atoms with E-state index < -0.39 is 14.6 Å². The Morgan fingerprint density at radius 3 is 2.00 bits per heavy atom. The molecule has 0 aromatic carbocycles. The van der Waals surface area contributed by atoms with Crippen LogP contribution >= 0.6 is 14.6 Å². The van der Waals surface area contributed by atoms with Crippen LogP contribution in [0.15, 0.2) is 0 Å². The van der Waals surface area contributed by atoms with Crippen LogP contribution in [0.1, 0.15) is 26.2 Å². The van der Waals surface area contributed by atoms with E-state index in [9.17, 15) is 13.3 Å². The molecule has 0 N–H and O–H groups in total. The lowest BCUT2D eigenvalue weighted by Gasteiger charge is -2.17. The van der Waals surface area contributed by atoms with Crippen LogP contribution in [-0.4, -0.2) is 30.8 Å². The first-order valence-corrected chi connectivity index (χ1v) is 10.2. The molecule has 0 aliphatic heterocycles. The van der Waals surface area contributed by atoms with E-state index >= 15 is 0 Å². The molecule has 18 heavy (non-hydrogen) atoms. The number of halogens is 1. The molecule has 0 aliphatic carbocycles. The average molecular weight is 292 g/mol. The third-order valence-corrected chi connectivity index (χ3v) is 8.14. The molecular formula is C11H19FN2O2P2. The summed E-state index contributed by atoms with van der Waals surface area (Å²) in [4.78, 5) is 0. The lowest BCUT2D eigenvalue weighted by Crippen LogP contribution is -2.04. The van der Waals surface area contributed by atoms with Crippen molar-refractivity contribution in [2.75, 3.05) is 30.8 Å². The summed E-state index contributed by atoms with van der Waals surface area (Å²) >= 11 is 0. The molecule has 0 aliphatic rings. The monoisotopic (exact) mass is 292 g/mol. The zero-order valence-corrected chi connectivity index (χ0v) is 12.4. The Labute approximate surface area is 108 Å². The molecular weight excluding hydrogens is 273 g/mol. The number of hydrogen-bond acceptors (Lipinski definition) is 4. The summed E-state index contributed by atoms with van der Waals surface area (Å²) in [7, 11) is -6.42. The molecule has 0 saturated heterocycles. The van der Waals surface area contributed by atoms with Crippen molar-refractivity contribution in [2.45, 2.75) is 26.2 Å².